The SMILES string of the molecule is CC(C)(C)NC(=O)CN1C2CC1CN(Cc1nc3c(Cl)cc(N)cc3o1)C2. The molecule has 7 nitrogen and oxygen atoms in total. The number of anilines is 1. The van der Waals surface area contributed by atoms with Crippen LogP contribution in [0.25, 0.3) is 11.1 Å². The van der Waals surface area contributed by atoms with Crippen molar-refractivity contribution in [1.29, 1.82) is 0 Å². The van der Waals surface area contributed by atoms with Crippen molar-refractivity contribution in [2.24, 2.45) is 0 Å². The van der Waals surface area contributed by atoms with Crippen molar-refractivity contribution < 1.29 is 9.21 Å². The number of hydrogen-bond donors (Lipinski definition) is 2. The van der Waals surface area contributed by atoms with Crippen LogP contribution in [0.2, 0.25) is 5.02 Å². The minimum absolute atomic E-state index is 0.0943. The van der Waals surface area contributed by atoms with Crippen LogP contribution in [0.4, 0.5) is 5.69 Å². The Morgan fingerprint density at radius 2 is 2.07 bits per heavy atom. The molecule has 27 heavy (non-hydrogen) atoms. The summed E-state index contributed by atoms with van der Waals surface area (Å²) in [5, 5.41) is 3.55. The third-order valence-corrected chi connectivity index (χ3v) is 5.42. The standard InChI is InChI=1S/C19H26ClN5O2/c1-19(2,3)23-16(26)9-25-12-6-13(25)8-24(7-12)10-17-22-18-14(20)4-11(21)5-15(18)27-17/h4-5,12-13H,6-10,21H2,1-3H3,(H,23,26). The van der Waals surface area contributed by atoms with Crippen molar-refractivity contribution in [3.63, 3.8) is 0 Å². The number of carbonyl (C=O) groups excluding carboxylic acids is 1. The lowest BCUT2D eigenvalue weighted by atomic mass is 9.87. The van der Waals surface area contributed by atoms with E-state index in [-0.39, 0.29) is 11.4 Å². The largest absolute Gasteiger partial charge is 0.439 e. The van der Waals surface area contributed by atoms with Gasteiger partial charge in [-0.05, 0) is 33.3 Å². The summed E-state index contributed by atoms with van der Waals surface area (Å²) in [7, 11) is 0. The molecule has 3 saturated heterocycles. The molecule has 2 bridgehead atoms. The maximum Gasteiger partial charge on any atom is 0.234 e. The molecule has 1 aromatic heterocycles. The molecular formula is C19H26ClN5O2. The maximum absolute atomic E-state index is 12.2. The lowest BCUT2D eigenvalue weighted by Gasteiger charge is -2.56. The number of halogens is 1. The quantitative estimate of drug-likeness (QED) is 0.777. The molecule has 2 atom stereocenters. The van der Waals surface area contributed by atoms with E-state index in [0.29, 0.717) is 52.9 Å². The molecule has 146 valence electrons. The van der Waals surface area contributed by atoms with Crippen LogP contribution in [0, 0.1) is 0 Å². The molecular weight excluding hydrogens is 366 g/mol. The van der Waals surface area contributed by atoms with E-state index in [2.05, 4.69) is 20.1 Å². The first kappa shape index (κ1) is 18.5. The van der Waals surface area contributed by atoms with Gasteiger partial charge in [0.1, 0.15) is 5.52 Å². The average molecular weight is 392 g/mol. The molecule has 4 heterocycles. The highest BCUT2D eigenvalue weighted by molar-refractivity contribution is 6.35. The average Bonchev–Trinajstić information content (AvgIpc) is 2.93. The Morgan fingerprint density at radius 3 is 2.74 bits per heavy atom. The molecule has 0 radical (unpaired) electrons. The highest BCUT2D eigenvalue weighted by Gasteiger charge is 2.45. The minimum atomic E-state index is -0.194. The van der Waals surface area contributed by atoms with Crippen LogP contribution >= 0.6 is 11.6 Å². The van der Waals surface area contributed by atoms with Crippen LogP contribution in [0.15, 0.2) is 16.5 Å². The molecule has 5 rings (SSSR count). The summed E-state index contributed by atoms with van der Waals surface area (Å²) in [4.78, 5) is 21.4. The molecule has 3 fully saturated rings. The van der Waals surface area contributed by atoms with E-state index < -0.39 is 0 Å². The van der Waals surface area contributed by atoms with Gasteiger partial charge in [-0.2, -0.15) is 0 Å². The number of rotatable bonds is 4. The predicted molar refractivity (Wildman–Crippen MR) is 106 cm³/mol. The van der Waals surface area contributed by atoms with Crippen LogP contribution < -0.4 is 11.1 Å². The van der Waals surface area contributed by atoms with E-state index in [1.165, 1.54) is 0 Å². The highest BCUT2D eigenvalue weighted by Crippen LogP contribution is 2.33. The van der Waals surface area contributed by atoms with E-state index in [0.717, 1.165) is 19.5 Å². The minimum Gasteiger partial charge on any atom is -0.439 e. The van der Waals surface area contributed by atoms with Crippen molar-refractivity contribution in [2.45, 2.75) is 51.4 Å². The number of benzene rings is 1. The van der Waals surface area contributed by atoms with Gasteiger partial charge >= 0.3 is 0 Å². The Hall–Kier alpha value is -1.83. The normalized spacial score (nSPS) is 23.4. The molecule has 3 N–H and O–H groups in total. The van der Waals surface area contributed by atoms with E-state index >= 15 is 0 Å². The van der Waals surface area contributed by atoms with Gasteiger partial charge in [0.15, 0.2) is 5.58 Å². The second-order valence-electron chi connectivity index (χ2n) is 8.67. The van der Waals surface area contributed by atoms with Gasteiger partial charge in [-0.25, -0.2) is 4.98 Å². The highest BCUT2D eigenvalue weighted by atomic mass is 35.5. The first-order chi connectivity index (χ1) is 12.7. The molecule has 1 aromatic carbocycles. The van der Waals surface area contributed by atoms with E-state index in [1.54, 1.807) is 12.1 Å². The molecule has 3 aliphatic rings. The van der Waals surface area contributed by atoms with Crippen LogP contribution in [0.1, 0.15) is 33.1 Å². The van der Waals surface area contributed by atoms with Gasteiger partial charge in [0.25, 0.3) is 0 Å². The van der Waals surface area contributed by atoms with Gasteiger partial charge in [-0.15, -0.1) is 0 Å². The number of piperazine rings is 1. The Morgan fingerprint density at radius 1 is 1.37 bits per heavy atom. The fraction of sp³-hybridized carbons (Fsp3) is 0.579. The Labute approximate surface area is 163 Å². The zero-order valence-corrected chi connectivity index (χ0v) is 16.7. The molecule has 3 aliphatic heterocycles. The van der Waals surface area contributed by atoms with Crippen LogP contribution in [0.3, 0.4) is 0 Å². The number of carbonyl (C=O) groups is 1. The van der Waals surface area contributed by atoms with E-state index in [4.69, 9.17) is 21.8 Å². The number of nitrogen functional groups attached to an aromatic ring is 1. The molecule has 0 saturated carbocycles. The number of nitrogens with zero attached hydrogens (tertiary/aromatic N) is 3. The fourth-order valence-corrected chi connectivity index (χ4v) is 4.36. The molecule has 2 aromatic rings. The smallest absolute Gasteiger partial charge is 0.234 e. The zero-order chi connectivity index (χ0) is 19.3. The van der Waals surface area contributed by atoms with Gasteiger partial charge < -0.3 is 15.5 Å². The number of piperidine rings is 1. The summed E-state index contributed by atoms with van der Waals surface area (Å²) in [6.07, 6.45) is 1.15. The van der Waals surface area contributed by atoms with E-state index in [9.17, 15) is 4.79 Å². The van der Waals surface area contributed by atoms with Crippen molar-refractivity contribution in [3.8, 4) is 0 Å². The summed E-state index contributed by atoms with van der Waals surface area (Å²) in [6, 6.07) is 4.27. The van der Waals surface area contributed by atoms with Crippen molar-refractivity contribution in [3.05, 3.63) is 23.0 Å². The number of fused-ring (bicyclic) bond motifs is 3. The summed E-state index contributed by atoms with van der Waals surface area (Å²) in [6.45, 7) is 8.94. The van der Waals surface area contributed by atoms with Crippen molar-refractivity contribution >= 4 is 34.3 Å². The number of aromatic nitrogens is 1. The third kappa shape index (κ3) is 3.90. The Balaban J connectivity index is 1.36. The molecule has 0 spiro atoms. The number of oxazole rings is 1. The first-order valence-corrected chi connectivity index (χ1v) is 9.69. The summed E-state index contributed by atoms with van der Waals surface area (Å²) in [5.74, 6) is 0.743. The van der Waals surface area contributed by atoms with Crippen LogP contribution in [0.5, 0.6) is 0 Å². The topological polar surface area (TPSA) is 87.6 Å². The van der Waals surface area contributed by atoms with Gasteiger partial charge in [0.05, 0.1) is 18.1 Å². The second kappa shape index (κ2) is 6.65. The lowest BCUT2D eigenvalue weighted by molar-refractivity contribution is -0.132. The van der Waals surface area contributed by atoms with Gasteiger partial charge in [-0.1, -0.05) is 11.6 Å². The third-order valence-electron chi connectivity index (χ3n) is 5.13. The maximum atomic E-state index is 12.2. The second-order valence-corrected chi connectivity index (χ2v) is 9.07. The number of amides is 1. The number of nitrogens with two attached hydrogens (primary N) is 1. The van der Waals surface area contributed by atoms with Crippen molar-refractivity contribution in [2.75, 3.05) is 25.4 Å². The van der Waals surface area contributed by atoms with Gasteiger partial charge in [0.2, 0.25) is 11.8 Å². The van der Waals surface area contributed by atoms with Crippen LogP contribution in [-0.4, -0.2) is 57.9 Å². The summed E-state index contributed by atoms with van der Waals surface area (Å²) in [5.41, 5.74) is 7.47. The molecule has 8 heteroatoms. The zero-order valence-electron chi connectivity index (χ0n) is 16.0. The number of hydrogen-bond acceptors (Lipinski definition) is 6. The van der Waals surface area contributed by atoms with E-state index in [1.807, 2.05) is 20.8 Å². The van der Waals surface area contributed by atoms with Crippen molar-refractivity contribution in [1.82, 2.24) is 20.1 Å². The Kier molecular flexibility index (Phi) is 4.56. The molecule has 0 aliphatic carbocycles. The number of nitrogens with one attached hydrogen (secondary N) is 1. The van der Waals surface area contributed by atoms with Gasteiger partial charge in [0, 0.05) is 42.5 Å². The Bertz CT molecular complexity index is 863. The molecule has 2 unspecified atom stereocenters. The lowest BCUT2D eigenvalue weighted by Crippen LogP contribution is -2.69. The summed E-state index contributed by atoms with van der Waals surface area (Å²) < 4.78 is 5.83. The molecule has 1 amide bonds. The first-order valence-electron chi connectivity index (χ1n) is 9.31. The van der Waals surface area contributed by atoms with Crippen LogP contribution in [-0.2, 0) is 11.3 Å². The fourth-order valence-electron chi connectivity index (χ4n) is 4.10. The summed E-state index contributed by atoms with van der Waals surface area (Å²) >= 11 is 6.20. The monoisotopic (exact) mass is 391 g/mol. The van der Waals surface area contributed by atoms with Gasteiger partial charge in [-0.3, -0.25) is 14.6 Å². The predicted octanol–water partition coefficient (Wildman–Crippen LogP) is 2.24.